The van der Waals surface area contributed by atoms with Crippen molar-refractivity contribution in [3.05, 3.63) is 0 Å². The third-order valence-corrected chi connectivity index (χ3v) is 4.24. The van der Waals surface area contributed by atoms with Crippen LogP contribution in [0.25, 0.3) is 0 Å². The fourth-order valence-corrected chi connectivity index (χ4v) is 2.81. The van der Waals surface area contributed by atoms with Crippen molar-refractivity contribution in [3.63, 3.8) is 0 Å². The van der Waals surface area contributed by atoms with Gasteiger partial charge in [-0.1, -0.05) is 32.1 Å². The summed E-state index contributed by atoms with van der Waals surface area (Å²) in [7, 11) is 0. The van der Waals surface area contributed by atoms with E-state index in [0.717, 1.165) is 25.7 Å². The number of ether oxygens (including phenoxy) is 1. The third-order valence-electron chi connectivity index (χ3n) is 4.24. The fraction of sp³-hybridized carbons (Fsp3) is 1.00. The molecule has 0 radical (unpaired) electrons. The standard InChI is InChI=1S/C12H22O2/c1-10-11(2,14-10)12(13)8-6-4-3-5-7-9-12/h10,13H,3-9H2,1-2H3/t10-,11+/m0/s1. The molecule has 2 rings (SSSR count). The Morgan fingerprint density at radius 2 is 1.50 bits per heavy atom. The average molecular weight is 198 g/mol. The maximum absolute atomic E-state index is 10.6. The Morgan fingerprint density at radius 1 is 1.07 bits per heavy atom. The maximum atomic E-state index is 10.6. The minimum atomic E-state index is -0.549. The molecule has 1 aliphatic carbocycles. The molecule has 2 fully saturated rings. The third kappa shape index (κ3) is 1.59. The van der Waals surface area contributed by atoms with Gasteiger partial charge >= 0.3 is 0 Å². The molecule has 2 nitrogen and oxygen atoms in total. The predicted molar refractivity (Wildman–Crippen MR) is 56.2 cm³/mol. The highest BCUT2D eigenvalue weighted by atomic mass is 16.6. The van der Waals surface area contributed by atoms with E-state index in [4.69, 9.17) is 4.74 Å². The lowest BCUT2D eigenvalue weighted by Crippen LogP contribution is -2.45. The van der Waals surface area contributed by atoms with E-state index >= 15 is 0 Å². The van der Waals surface area contributed by atoms with E-state index in [1.165, 1.54) is 19.3 Å². The van der Waals surface area contributed by atoms with Crippen LogP contribution in [0.5, 0.6) is 0 Å². The van der Waals surface area contributed by atoms with Crippen molar-refractivity contribution in [2.75, 3.05) is 0 Å². The van der Waals surface area contributed by atoms with Gasteiger partial charge in [-0.2, -0.15) is 0 Å². The topological polar surface area (TPSA) is 32.8 Å². The summed E-state index contributed by atoms with van der Waals surface area (Å²) in [6, 6.07) is 0. The Bertz CT molecular complexity index is 206. The Labute approximate surface area is 86.6 Å². The Kier molecular flexibility index (Phi) is 2.61. The first kappa shape index (κ1) is 10.4. The molecular weight excluding hydrogens is 176 g/mol. The summed E-state index contributed by atoms with van der Waals surface area (Å²) in [6.07, 6.45) is 8.28. The van der Waals surface area contributed by atoms with Crippen molar-refractivity contribution in [3.8, 4) is 0 Å². The van der Waals surface area contributed by atoms with Crippen LogP contribution in [0.15, 0.2) is 0 Å². The van der Waals surface area contributed by atoms with E-state index in [-0.39, 0.29) is 11.7 Å². The van der Waals surface area contributed by atoms with Gasteiger partial charge in [0.25, 0.3) is 0 Å². The summed E-state index contributed by atoms with van der Waals surface area (Å²) >= 11 is 0. The fourth-order valence-electron chi connectivity index (χ4n) is 2.81. The molecule has 0 amide bonds. The maximum Gasteiger partial charge on any atom is 0.120 e. The number of rotatable bonds is 1. The van der Waals surface area contributed by atoms with Crippen molar-refractivity contribution in [1.29, 1.82) is 0 Å². The monoisotopic (exact) mass is 198 g/mol. The van der Waals surface area contributed by atoms with Crippen LogP contribution in [0, 0.1) is 0 Å². The molecular formula is C12H22O2. The van der Waals surface area contributed by atoms with E-state index in [9.17, 15) is 5.11 Å². The zero-order valence-electron chi connectivity index (χ0n) is 9.38. The van der Waals surface area contributed by atoms with E-state index in [2.05, 4.69) is 13.8 Å². The van der Waals surface area contributed by atoms with Crippen LogP contribution < -0.4 is 0 Å². The van der Waals surface area contributed by atoms with Crippen LogP contribution in [0.2, 0.25) is 0 Å². The Morgan fingerprint density at radius 3 is 1.93 bits per heavy atom. The van der Waals surface area contributed by atoms with E-state index in [0.29, 0.717) is 0 Å². The predicted octanol–water partition coefficient (Wildman–Crippen LogP) is 2.64. The molecule has 0 bridgehead atoms. The van der Waals surface area contributed by atoms with Gasteiger partial charge in [0.2, 0.25) is 0 Å². The van der Waals surface area contributed by atoms with Crippen LogP contribution in [-0.2, 0) is 4.74 Å². The van der Waals surface area contributed by atoms with Crippen LogP contribution in [0.3, 0.4) is 0 Å². The lowest BCUT2D eigenvalue weighted by molar-refractivity contribution is -0.0506. The first-order valence-electron chi connectivity index (χ1n) is 5.99. The van der Waals surface area contributed by atoms with Crippen molar-refractivity contribution < 1.29 is 9.84 Å². The summed E-state index contributed by atoms with van der Waals surface area (Å²) in [5, 5.41) is 10.6. The Balaban J connectivity index is 2.04. The van der Waals surface area contributed by atoms with E-state index in [1.54, 1.807) is 0 Å². The Hall–Kier alpha value is -0.0800. The second kappa shape index (κ2) is 3.49. The highest BCUT2D eigenvalue weighted by molar-refractivity contribution is 5.11. The molecule has 14 heavy (non-hydrogen) atoms. The minimum absolute atomic E-state index is 0.243. The van der Waals surface area contributed by atoms with Gasteiger partial charge in [0.1, 0.15) is 5.60 Å². The smallest absolute Gasteiger partial charge is 0.120 e. The zero-order valence-corrected chi connectivity index (χ0v) is 9.38. The lowest BCUT2D eigenvalue weighted by atomic mass is 9.77. The van der Waals surface area contributed by atoms with Crippen LogP contribution in [0.4, 0.5) is 0 Å². The molecule has 0 aromatic rings. The second-order valence-electron chi connectivity index (χ2n) is 5.17. The highest BCUT2D eigenvalue weighted by Crippen LogP contribution is 2.49. The average Bonchev–Trinajstić information content (AvgIpc) is 2.70. The zero-order chi connectivity index (χ0) is 10.2. The molecule has 0 aromatic heterocycles. The summed E-state index contributed by atoms with van der Waals surface area (Å²) < 4.78 is 5.59. The molecule has 1 saturated heterocycles. The largest absolute Gasteiger partial charge is 0.387 e. The molecule has 2 heteroatoms. The van der Waals surface area contributed by atoms with Gasteiger partial charge in [-0.25, -0.2) is 0 Å². The van der Waals surface area contributed by atoms with Crippen LogP contribution in [-0.4, -0.2) is 22.4 Å². The van der Waals surface area contributed by atoms with Crippen LogP contribution in [0.1, 0.15) is 58.8 Å². The van der Waals surface area contributed by atoms with E-state index < -0.39 is 5.60 Å². The summed E-state index contributed by atoms with van der Waals surface area (Å²) in [4.78, 5) is 0. The van der Waals surface area contributed by atoms with Crippen molar-refractivity contribution in [2.45, 2.75) is 76.1 Å². The molecule has 0 unspecified atom stereocenters. The normalized spacial score (nSPS) is 42.6. The SMILES string of the molecule is C[C@@H]1O[C@@]1(C)C1(O)CCCCCCC1. The summed E-state index contributed by atoms with van der Waals surface area (Å²) in [6.45, 7) is 4.13. The second-order valence-corrected chi connectivity index (χ2v) is 5.17. The molecule has 0 spiro atoms. The quantitative estimate of drug-likeness (QED) is 0.657. The number of hydrogen-bond donors (Lipinski definition) is 1. The lowest BCUT2D eigenvalue weighted by Gasteiger charge is -2.34. The van der Waals surface area contributed by atoms with Gasteiger partial charge < -0.3 is 9.84 Å². The molecule has 82 valence electrons. The number of aliphatic hydroxyl groups is 1. The van der Waals surface area contributed by atoms with Gasteiger partial charge in [-0.3, -0.25) is 0 Å². The molecule has 2 aliphatic rings. The van der Waals surface area contributed by atoms with Crippen molar-refractivity contribution in [2.24, 2.45) is 0 Å². The molecule has 2 atom stereocenters. The highest BCUT2D eigenvalue weighted by Gasteiger charge is 2.62. The molecule has 0 aromatic carbocycles. The van der Waals surface area contributed by atoms with Gasteiger partial charge in [0.05, 0.1) is 11.7 Å². The van der Waals surface area contributed by atoms with Crippen molar-refractivity contribution >= 4 is 0 Å². The van der Waals surface area contributed by atoms with Gasteiger partial charge in [0, 0.05) is 0 Å². The number of hydrogen-bond acceptors (Lipinski definition) is 2. The molecule has 1 N–H and O–H groups in total. The van der Waals surface area contributed by atoms with Gasteiger partial charge in [-0.15, -0.1) is 0 Å². The molecule has 1 saturated carbocycles. The summed E-state index contributed by atoms with van der Waals surface area (Å²) in [5.41, 5.74) is -0.794. The molecule has 1 heterocycles. The van der Waals surface area contributed by atoms with E-state index in [1.807, 2.05) is 0 Å². The first-order valence-corrected chi connectivity index (χ1v) is 5.99. The first-order chi connectivity index (χ1) is 6.58. The van der Waals surface area contributed by atoms with Gasteiger partial charge in [0.15, 0.2) is 0 Å². The van der Waals surface area contributed by atoms with Gasteiger partial charge in [-0.05, 0) is 26.7 Å². The van der Waals surface area contributed by atoms with Crippen molar-refractivity contribution in [1.82, 2.24) is 0 Å². The minimum Gasteiger partial charge on any atom is -0.387 e. The number of epoxide rings is 1. The summed E-state index contributed by atoms with van der Waals surface area (Å²) in [5.74, 6) is 0. The van der Waals surface area contributed by atoms with Crippen LogP contribution >= 0.6 is 0 Å². The molecule has 1 aliphatic heterocycles.